The first kappa shape index (κ1) is 20.1. The molecule has 0 unspecified atom stereocenters. The summed E-state index contributed by atoms with van der Waals surface area (Å²) in [7, 11) is 0. The van der Waals surface area contributed by atoms with Gasteiger partial charge in [0, 0.05) is 11.3 Å². The molecule has 0 aromatic heterocycles. The topological polar surface area (TPSA) is 50.7 Å². The Labute approximate surface area is 163 Å². The third-order valence-electron chi connectivity index (χ3n) is 3.42. The molecule has 1 atom stereocenters. The Morgan fingerprint density at radius 2 is 1.96 bits per heavy atom. The molecule has 0 radical (unpaired) electrons. The van der Waals surface area contributed by atoms with Gasteiger partial charge in [0.1, 0.15) is 12.4 Å². The molecule has 1 amide bonds. The maximum atomic E-state index is 12.1. The van der Waals surface area contributed by atoms with E-state index in [1.165, 1.54) is 11.1 Å². The van der Waals surface area contributed by atoms with Gasteiger partial charge in [-0.1, -0.05) is 41.9 Å². The normalized spacial score (nSPS) is 12.4. The van der Waals surface area contributed by atoms with Gasteiger partial charge in [-0.25, -0.2) is 5.43 Å². The number of nitrogens with zero attached hydrogens (tertiary/aromatic N) is 1. The first-order valence-electron chi connectivity index (χ1n) is 8.15. The summed E-state index contributed by atoms with van der Waals surface area (Å²) in [4.78, 5) is 12.1. The van der Waals surface area contributed by atoms with Gasteiger partial charge in [-0.05, 0) is 48.4 Å². The quantitative estimate of drug-likeness (QED) is 0.505. The average Bonchev–Trinajstić information content (AvgIpc) is 2.68. The van der Waals surface area contributed by atoms with Crippen molar-refractivity contribution in [1.82, 2.24) is 5.43 Å². The number of ether oxygens (including phenoxy) is 1. The lowest BCUT2D eigenvalue weighted by Gasteiger charge is -2.09. The lowest BCUT2D eigenvalue weighted by molar-refractivity contribution is -0.120. The Kier molecular flexibility index (Phi) is 8.79. The van der Waals surface area contributed by atoms with Crippen LogP contribution in [0.2, 0.25) is 0 Å². The highest BCUT2D eigenvalue weighted by molar-refractivity contribution is 7.99. The summed E-state index contributed by atoms with van der Waals surface area (Å²) in [5.74, 6) is 1.42. The number of hydrazone groups is 1. The Balaban J connectivity index is 1.75. The fraction of sp³-hybridized carbons (Fsp3) is 0.200. The predicted molar refractivity (Wildman–Crippen MR) is 110 cm³/mol. The van der Waals surface area contributed by atoms with Crippen molar-refractivity contribution < 1.29 is 9.53 Å². The average molecular weight is 389 g/mol. The number of benzene rings is 2. The minimum atomic E-state index is -0.182. The zero-order valence-electron chi connectivity index (χ0n) is 14.5. The van der Waals surface area contributed by atoms with Crippen LogP contribution < -0.4 is 10.2 Å². The van der Waals surface area contributed by atoms with Crippen LogP contribution >= 0.6 is 23.4 Å². The van der Waals surface area contributed by atoms with Crippen molar-refractivity contribution in [1.29, 1.82) is 0 Å². The van der Waals surface area contributed by atoms with Crippen molar-refractivity contribution in [3.05, 3.63) is 77.3 Å². The molecular formula is C20H21ClN2O2S. The number of carbonyl (C=O) groups is 1. The molecule has 2 rings (SSSR count). The van der Waals surface area contributed by atoms with E-state index in [1.54, 1.807) is 24.1 Å². The third kappa shape index (κ3) is 7.33. The van der Waals surface area contributed by atoms with E-state index < -0.39 is 0 Å². The number of amides is 1. The fourth-order valence-electron chi connectivity index (χ4n) is 1.96. The van der Waals surface area contributed by atoms with Crippen LogP contribution in [0.4, 0.5) is 0 Å². The molecule has 0 spiro atoms. The molecule has 0 heterocycles. The van der Waals surface area contributed by atoms with Crippen LogP contribution in [0.1, 0.15) is 18.1 Å². The van der Waals surface area contributed by atoms with Crippen molar-refractivity contribution in [2.75, 3.05) is 6.61 Å². The van der Waals surface area contributed by atoms with Gasteiger partial charge in [0.15, 0.2) is 0 Å². The fourth-order valence-corrected chi connectivity index (χ4v) is 2.88. The Morgan fingerprint density at radius 3 is 2.65 bits per heavy atom. The van der Waals surface area contributed by atoms with Gasteiger partial charge < -0.3 is 4.74 Å². The second-order valence-electron chi connectivity index (χ2n) is 5.41. The second kappa shape index (κ2) is 11.4. The highest BCUT2D eigenvalue weighted by Gasteiger charge is 2.12. The van der Waals surface area contributed by atoms with Gasteiger partial charge >= 0.3 is 0 Å². The van der Waals surface area contributed by atoms with Gasteiger partial charge in [-0.2, -0.15) is 5.10 Å². The SMILES string of the molecule is C[C@H](SCc1ccccc1)C(=O)N/N=C\c1ccc(OC/C=C/Cl)cc1. The molecule has 0 saturated carbocycles. The summed E-state index contributed by atoms with van der Waals surface area (Å²) in [6.07, 6.45) is 3.32. The van der Waals surface area contributed by atoms with E-state index in [1.807, 2.05) is 49.4 Å². The number of rotatable bonds is 9. The third-order valence-corrected chi connectivity index (χ3v) is 4.81. The van der Waals surface area contributed by atoms with Crippen LogP contribution in [0.5, 0.6) is 5.75 Å². The van der Waals surface area contributed by atoms with E-state index in [9.17, 15) is 4.79 Å². The molecule has 26 heavy (non-hydrogen) atoms. The van der Waals surface area contributed by atoms with E-state index in [0.29, 0.717) is 6.61 Å². The van der Waals surface area contributed by atoms with E-state index in [0.717, 1.165) is 17.1 Å². The number of thioether (sulfide) groups is 1. The van der Waals surface area contributed by atoms with Crippen LogP contribution in [0.3, 0.4) is 0 Å². The molecule has 0 saturated heterocycles. The molecule has 0 fully saturated rings. The maximum absolute atomic E-state index is 12.1. The van der Waals surface area contributed by atoms with Crippen molar-refractivity contribution in [3.8, 4) is 5.75 Å². The predicted octanol–water partition coefficient (Wildman–Crippen LogP) is 4.59. The number of nitrogens with one attached hydrogen (secondary N) is 1. The summed E-state index contributed by atoms with van der Waals surface area (Å²) < 4.78 is 5.45. The maximum Gasteiger partial charge on any atom is 0.252 e. The zero-order valence-corrected chi connectivity index (χ0v) is 16.0. The van der Waals surface area contributed by atoms with E-state index in [4.69, 9.17) is 16.3 Å². The van der Waals surface area contributed by atoms with Crippen LogP contribution in [0.25, 0.3) is 0 Å². The highest BCUT2D eigenvalue weighted by atomic mass is 35.5. The van der Waals surface area contributed by atoms with E-state index in [2.05, 4.69) is 22.7 Å². The highest BCUT2D eigenvalue weighted by Crippen LogP contribution is 2.17. The Bertz CT molecular complexity index is 733. The van der Waals surface area contributed by atoms with Gasteiger partial charge in [0.05, 0.1) is 11.5 Å². The van der Waals surface area contributed by atoms with Crippen LogP contribution in [-0.2, 0) is 10.5 Å². The number of hydrogen-bond acceptors (Lipinski definition) is 4. The molecule has 0 aliphatic heterocycles. The summed E-state index contributed by atoms with van der Waals surface area (Å²) in [5.41, 5.74) is 6.07. The van der Waals surface area contributed by atoms with Crippen molar-refractivity contribution in [2.45, 2.75) is 17.9 Å². The van der Waals surface area contributed by atoms with E-state index >= 15 is 0 Å². The molecule has 0 aliphatic carbocycles. The van der Waals surface area contributed by atoms with E-state index in [-0.39, 0.29) is 11.2 Å². The van der Waals surface area contributed by atoms with Gasteiger partial charge in [0.2, 0.25) is 0 Å². The first-order valence-corrected chi connectivity index (χ1v) is 9.64. The Morgan fingerprint density at radius 1 is 1.23 bits per heavy atom. The lowest BCUT2D eigenvalue weighted by Crippen LogP contribution is -2.26. The number of halogens is 1. The lowest BCUT2D eigenvalue weighted by atomic mass is 10.2. The number of carbonyl (C=O) groups excluding carboxylic acids is 1. The van der Waals surface area contributed by atoms with Crippen molar-refractivity contribution in [3.63, 3.8) is 0 Å². The monoisotopic (exact) mass is 388 g/mol. The minimum absolute atomic E-state index is 0.116. The van der Waals surface area contributed by atoms with Crippen LogP contribution in [-0.4, -0.2) is 24.0 Å². The standard InChI is InChI=1S/C20H21ClN2O2S/c1-16(26-15-18-6-3-2-4-7-18)20(24)23-22-14-17-8-10-19(11-9-17)25-13-5-12-21/h2-12,14,16H,13,15H2,1H3,(H,23,24)/b12-5+,22-14-/t16-/m0/s1. The van der Waals surface area contributed by atoms with Crippen molar-refractivity contribution in [2.24, 2.45) is 5.10 Å². The molecule has 0 bridgehead atoms. The molecule has 2 aromatic carbocycles. The molecule has 136 valence electrons. The van der Waals surface area contributed by atoms with Gasteiger partial charge in [-0.3, -0.25) is 4.79 Å². The molecule has 2 aromatic rings. The summed E-state index contributed by atoms with van der Waals surface area (Å²) in [6.45, 7) is 2.30. The van der Waals surface area contributed by atoms with Gasteiger partial charge in [0.25, 0.3) is 5.91 Å². The van der Waals surface area contributed by atoms with Crippen molar-refractivity contribution >= 4 is 35.5 Å². The van der Waals surface area contributed by atoms with Crippen LogP contribution in [0, 0.1) is 0 Å². The molecule has 6 heteroatoms. The zero-order chi connectivity index (χ0) is 18.6. The van der Waals surface area contributed by atoms with Gasteiger partial charge in [-0.15, -0.1) is 11.8 Å². The largest absolute Gasteiger partial charge is 0.490 e. The molecular weight excluding hydrogens is 368 g/mol. The first-order chi connectivity index (χ1) is 12.7. The van der Waals surface area contributed by atoms with Crippen LogP contribution in [0.15, 0.2) is 71.3 Å². The smallest absolute Gasteiger partial charge is 0.252 e. The summed E-state index contributed by atoms with van der Waals surface area (Å²) in [6, 6.07) is 17.5. The number of hydrogen-bond donors (Lipinski definition) is 1. The molecule has 1 N–H and O–H groups in total. The summed E-state index contributed by atoms with van der Waals surface area (Å²) >= 11 is 7.01. The molecule has 4 nitrogen and oxygen atoms in total. The Hall–Kier alpha value is -2.24. The second-order valence-corrected chi connectivity index (χ2v) is 7.00. The molecule has 0 aliphatic rings. The minimum Gasteiger partial charge on any atom is -0.490 e. The summed E-state index contributed by atoms with van der Waals surface area (Å²) in [5, 5.41) is 3.83.